The number of aromatic nitrogens is 4. The van der Waals surface area contributed by atoms with Gasteiger partial charge in [-0.15, -0.1) is 0 Å². The fourth-order valence-corrected chi connectivity index (χ4v) is 4.56. The Hall–Kier alpha value is -2.94. The van der Waals surface area contributed by atoms with Crippen molar-refractivity contribution in [1.29, 1.82) is 0 Å². The zero-order valence-corrected chi connectivity index (χ0v) is 17.0. The molecule has 1 amide bonds. The van der Waals surface area contributed by atoms with Crippen LogP contribution in [-0.2, 0) is 7.05 Å². The number of carbonyl (C=O) groups is 1. The number of benzene rings is 1. The topological polar surface area (TPSA) is 84.2 Å². The molecular formula is C20H20N6O2S. The molecule has 9 heteroatoms. The quantitative estimate of drug-likeness (QED) is 0.474. The molecule has 2 aliphatic rings. The minimum absolute atomic E-state index is 0.130. The van der Waals surface area contributed by atoms with Crippen molar-refractivity contribution >= 4 is 40.1 Å². The highest BCUT2D eigenvalue weighted by Gasteiger charge is 2.38. The first-order valence-electron chi connectivity index (χ1n) is 9.52. The number of fused-ring (bicyclic) bond motifs is 4. The Morgan fingerprint density at radius 1 is 1.21 bits per heavy atom. The van der Waals surface area contributed by atoms with Crippen LogP contribution >= 0.6 is 11.8 Å². The Kier molecular flexibility index (Phi) is 4.27. The zero-order chi connectivity index (χ0) is 20.1. The molecule has 8 nitrogen and oxygen atoms in total. The van der Waals surface area contributed by atoms with Crippen molar-refractivity contribution in [3.05, 3.63) is 46.6 Å². The minimum atomic E-state index is -0.156. The van der Waals surface area contributed by atoms with Gasteiger partial charge in [0.25, 0.3) is 11.5 Å². The molecule has 0 bridgehead atoms. The molecule has 148 valence electrons. The van der Waals surface area contributed by atoms with E-state index in [4.69, 9.17) is 0 Å². The summed E-state index contributed by atoms with van der Waals surface area (Å²) >= 11 is 1.46. The smallest absolute Gasteiger partial charge is 0.263 e. The Balaban J connectivity index is 1.70. The highest BCUT2D eigenvalue weighted by Crippen LogP contribution is 2.35. The van der Waals surface area contributed by atoms with Crippen LogP contribution < -0.4 is 15.4 Å². The van der Waals surface area contributed by atoms with Gasteiger partial charge in [-0.3, -0.25) is 9.59 Å². The number of rotatable bonds is 2. The van der Waals surface area contributed by atoms with Crippen LogP contribution in [0.4, 0.5) is 11.5 Å². The third kappa shape index (κ3) is 2.79. The predicted molar refractivity (Wildman–Crippen MR) is 113 cm³/mol. The van der Waals surface area contributed by atoms with E-state index in [0.29, 0.717) is 39.7 Å². The summed E-state index contributed by atoms with van der Waals surface area (Å²) in [5, 5.41) is 1.16. The van der Waals surface area contributed by atoms with Crippen molar-refractivity contribution < 1.29 is 4.79 Å². The average Bonchev–Trinajstić information content (AvgIpc) is 3.17. The molecule has 0 spiro atoms. The highest BCUT2D eigenvalue weighted by atomic mass is 32.2. The monoisotopic (exact) mass is 408 g/mol. The van der Waals surface area contributed by atoms with E-state index in [9.17, 15) is 9.59 Å². The maximum Gasteiger partial charge on any atom is 0.263 e. The molecule has 0 saturated carbocycles. The summed E-state index contributed by atoms with van der Waals surface area (Å²) in [5.74, 6) is 0.556. The van der Waals surface area contributed by atoms with Crippen LogP contribution in [-0.4, -0.2) is 50.8 Å². The molecule has 0 radical (unpaired) electrons. The molecule has 5 rings (SSSR count). The average molecular weight is 408 g/mol. The van der Waals surface area contributed by atoms with Gasteiger partial charge in [-0.2, -0.15) is 0 Å². The van der Waals surface area contributed by atoms with Crippen LogP contribution in [0.25, 0.3) is 10.9 Å². The van der Waals surface area contributed by atoms with Gasteiger partial charge in [0.15, 0.2) is 5.16 Å². The fourth-order valence-electron chi connectivity index (χ4n) is 4.22. The summed E-state index contributed by atoms with van der Waals surface area (Å²) in [6, 6.07) is 5.58. The van der Waals surface area contributed by atoms with Gasteiger partial charge in [0.2, 0.25) is 0 Å². The number of amides is 1. The molecule has 2 aliphatic heterocycles. The van der Waals surface area contributed by atoms with E-state index in [0.717, 1.165) is 19.4 Å². The van der Waals surface area contributed by atoms with Crippen molar-refractivity contribution in [2.75, 3.05) is 29.1 Å². The van der Waals surface area contributed by atoms with Crippen LogP contribution in [0.2, 0.25) is 0 Å². The van der Waals surface area contributed by atoms with Crippen LogP contribution in [0.1, 0.15) is 23.2 Å². The van der Waals surface area contributed by atoms with E-state index in [-0.39, 0.29) is 17.5 Å². The number of thioether (sulfide) groups is 1. The molecule has 2 aromatic heterocycles. The molecule has 0 unspecified atom stereocenters. The third-order valence-corrected chi connectivity index (χ3v) is 6.23. The summed E-state index contributed by atoms with van der Waals surface area (Å²) in [4.78, 5) is 43.6. The molecular weight excluding hydrogens is 388 g/mol. The Morgan fingerprint density at radius 3 is 2.90 bits per heavy atom. The van der Waals surface area contributed by atoms with Crippen molar-refractivity contribution in [3.63, 3.8) is 0 Å². The summed E-state index contributed by atoms with van der Waals surface area (Å²) in [6.07, 6.45) is 7.10. The van der Waals surface area contributed by atoms with Crippen LogP contribution in [0.15, 0.2) is 40.7 Å². The standard InChI is InChI=1S/C20H20N6O2S/c1-24-11-22-16-13(18(24)27)6-3-7-15(16)26-10-12-5-4-8-25(12)17-14(19(26)28)9-21-20(23-17)29-2/h3,6-7,9,11-12H,4-5,8,10H2,1-2H3/t12-/m0/s1. The molecule has 0 N–H and O–H groups in total. The summed E-state index contributed by atoms with van der Waals surface area (Å²) in [7, 11) is 1.67. The second-order valence-corrected chi connectivity index (χ2v) is 8.11. The van der Waals surface area contributed by atoms with Crippen molar-refractivity contribution in [3.8, 4) is 0 Å². The number of carbonyl (C=O) groups excluding carboxylic acids is 1. The van der Waals surface area contributed by atoms with Gasteiger partial charge < -0.3 is 14.4 Å². The minimum Gasteiger partial charge on any atom is -0.351 e. The highest BCUT2D eigenvalue weighted by molar-refractivity contribution is 7.98. The molecule has 4 heterocycles. The van der Waals surface area contributed by atoms with E-state index in [1.54, 1.807) is 30.3 Å². The normalized spacial score (nSPS) is 18.7. The lowest BCUT2D eigenvalue weighted by Gasteiger charge is -2.27. The van der Waals surface area contributed by atoms with E-state index >= 15 is 0 Å². The van der Waals surface area contributed by atoms with Crippen molar-refractivity contribution in [2.45, 2.75) is 24.0 Å². The van der Waals surface area contributed by atoms with Gasteiger partial charge in [0.05, 0.1) is 17.4 Å². The van der Waals surface area contributed by atoms with Gasteiger partial charge in [-0.25, -0.2) is 15.0 Å². The Labute approximate surface area is 171 Å². The Bertz CT molecular complexity index is 1190. The van der Waals surface area contributed by atoms with Crippen LogP contribution in [0, 0.1) is 0 Å². The van der Waals surface area contributed by atoms with E-state index in [1.807, 2.05) is 12.3 Å². The maximum absolute atomic E-state index is 13.6. The number of para-hydroxylation sites is 1. The van der Waals surface area contributed by atoms with Crippen molar-refractivity contribution in [2.24, 2.45) is 7.05 Å². The van der Waals surface area contributed by atoms with Gasteiger partial charge in [0.1, 0.15) is 16.9 Å². The number of aryl methyl sites for hydroxylation is 1. The summed E-state index contributed by atoms with van der Waals surface area (Å²) in [6.45, 7) is 1.40. The number of anilines is 2. The predicted octanol–water partition coefficient (Wildman–Crippen LogP) is 2.07. The lowest BCUT2D eigenvalue weighted by molar-refractivity contribution is 0.0988. The number of nitrogens with zero attached hydrogens (tertiary/aromatic N) is 6. The van der Waals surface area contributed by atoms with Gasteiger partial charge in [-0.1, -0.05) is 17.8 Å². The second-order valence-electron chi connectivity index (χ2n) is 7.33. The van der Waals surface area contributed by atoms with Gasteiger partial charge in [-0.05, 0) is 31.2 Å². The first kappa shape index (κ1) is 18.1. The Morgan fingerprint density at radius 2 is 2.07 bits per heavy atom. The number of hydrogen-bond acceptors (Lipinski definition) is 7. The molecule has 1 atom stereocenters. The van der Waals surface area contributed by atoms with E-state index < -0.39 is 0 Å². The van der Waals surface area contributed by atoms with Crippen molar-refractivity contribution in [1.82, 2.24) is 19.5 Å². The van der Waals surface area contributed by atoms with Crippen LogP contribution in [0.3, 0.4) is 0 Å². The summed E-state index contributed by atoms with van der Waals surface area (Å²) < 4.78 is 1.45. The zero-order valence-electron chi connectivity index (χ0n) is 16.2. The van der Waals surface area contributed by atoms with Gasteiger partial charge in [0, 0.05) is 32.4 Å². The molecule has 1 saturated heterocycles. The molecule has 1 fully saturated rings. The first-order valence-corrected chi connectivity index (χ1v) is 10.7. The van der Waals surface area contributed by atoms with Crippen LogP contribution in [0.5, 0.6) is 0 Å². The maximum atomic E-state index is 13.6. The fraction of sp³-hybridized carbons (Fsp3) is 0.350. The molecule has 3 aromatic rings. The lowest BCUT2D eigenvalue weighted by atomic mass is 10.1. The van der Waals surface area contributed by atoms with E-state index in [1.165, 1.54) is 22.7 Å². The first-order chi connectivity index (χ1) is 14.1. The second kappa shape index (κ2) is 6.84. The third-order valence-electron chi connectivity index (χ3n) is 5.66. The van der Waals surface area contributed by atoms with E-state index in [2.05, 4.69) is 19.9 Å². The molecule has 29 heavy (non-hydrogen) atoms. The molecule has 1 aromatic carbocycles. The lowest BCUT2D eigenvalue weighted by Crippen LogP contribution is -2.40. The summed E-state index contributed by atoms with van der Waals surface area (Å²) in [5.41, 5.74) is 1.56. The largest absolute Gasteiger partial charge is 0.351 e. The molecule has 0 aliphatic carbocycles. The van der Waals surface area contributed by atoms with Gasteiger partial charge >= 0.3 is 0 Å². The SMILES string of the molecule is CSc1ncc2c(n1)N1CCC[C@H]1CN(c1cccc3c(=O)n(C)cnc13)C2=O. The number of hydrogen-bond donors (Lipinski definition) is 0.